The van der Waals surface area contributed by atoms with Crippen LogP contribution in [0.5, 0.6) is 0 Å². The van der Waals surface area contributed by atoms with Crippen molar-refractivity contribution in [3.63, 3.8) is 0 Å². The molecule has 1 fully saturated rings. The van der Waals surface area contributed by atoms with Gasteiger partial charge in [0.15, 0.2) is 12.2 Å². The molecule has 0 aliphatic carbocycles. The van der Waals surface area contributed by atoms with Crippen LogP contribution in [0.1, 0.15) is 48.0 Å². The largest absolute Gasteiger partial charge is 0.462 e. The molecule has 7 heteroatoms. The van der Waals surface area contributed by atoms with E-state index in [1.807, 2.05) is 19.9 Å². The summed E-state index contributed by atoms with van der Waals surface area (Å²) in [6.07, 6.45) is 0.586. The minimum Gasteiger partial charge on any atom is -0.461 e. The molecule has 0 spiro atoms. The SMILES string of the molecule is CC/C(C)=C/CB1O[C@H](C(=O)OC(C)C)[C@@H](C(=O)OC(C)C)O1. The van der Waals surface area contributed by atoms with Crippen molar-refractivity contribution in [1.29, 1.82) is 0 Å². The second kappa shape index (κ2) is 9.08. The summed E-state index contributed by atoms with van der Waals surface area (Å²) in [7, 11) is -0.661. The zero-order valence-electron chi connectivity index (χ0n) is 14.8. The molecule has 0 bridgehead atoms. The van der Waals surface area contributed by atoms with Gasteiger partial charge in [-0.15, -0.1) is 0 Å². The smallest absolute Gasteiger partial charge is 0.461 e. The van der Waals surface area contributed by atoms with Crippen molar-refractivity contribution in [1.82, 2.24) is 0 Å². The monoisotopic (exact) mass is 326 g/mol. The quantitative estimate of drug-likeness (QED) is 0.407. The van der Waals surface area contributed by atoms with Crippen LogP contribution in [-0.2, 0) is 28.4 Å². The Morgan fingerprint density at radius 3 is 1.83 bits per heavy atom. The summed E-state index contributed by atoms with van der Waals surface area (Å²) in [5, 5.41) is 0. The Morgan fingerprint density at radius 2 is 1.48 bits per heavy atom. The summed E-state index contributed by atoms with van der Waals surface area (Å²) >= 11 is 0. The second-order valence-electron chi connectivity index (χ2n) is 6.15. The highest BCUT2D eigenvalue weighted by atomic mass is 16.7. The van der Waals surface area contributed by atoms with Gasteiger partial charge < -0.3 is 18.8 Å². The van der Waals surface area contributed by atoms with Crippen LogP contribution in [0.2, 0.25) is 6.32 Å². The van der Waals surface area contributed by atoms with Crippen molar-refractivity contribution in [3.8, 4) is 0 Å². The molecule has 1 aliphatic rings. The van der Waals surface area contributed by atoms with Gasteiger partial charge in [0.25, 0.3) is 0 Å². The van der Waals surface area contributed by atoms with Gasteiger partial charge in [0.05, 0.1) is 12.2 Å². The fourth-order valence-electron chi connectivity index (χ4n) is 2.01. The Labute approximate surface area is 138 Å². The van der Waals surface area contributed by atoms with Gasteiger partial charge in [0, 0.05) is 6.32 Å². The first-order valence-corrected chi connectivity index (χ1v) is 8.12. The van der Waals surface area contributed by atoms with Crippen molar-refractivity contribution in [2.24, 2.45) is 0 Å². The molecule has 0 radical (unpaired) electrons. The molecule has 0 aromatic heterocycles. The number of hydrogen-bond acceptors (Lipinski definition) is 6. The first-order valence-electron chi connectivity index (χ1n) is 8.12. The number of hydrogen-bond donors (Lipinski definition) is 0. The summed E-state index contributed by atoms with van der Waals surface area (Å²) < 4.78 is 21.5. The maximum absolute atomic E-state index is 12.1. The lowest BCUT2D eigenvalue weighted by Gasteiger charge is -2.18. The number of carbonyl (C=O) groups is 2. The van der Waals surface area contributed by atoms with Crippen LogP contribution in [0.4, 0.5) is 0 Å². The molecule has 0 aromatic rings. The molecule has 1 rings (SSSR count). The number of esters is 2. The Morgan fingerprint density at radius 1 is 1.04 bits per heavy atom. The minimum atomic E-state index is -1.09. The zero-order valence-corrected chi connectivity index (χ0v) is 14.8. The molecule has 1 saturated heterocycles. The van der Waals surface area contributed by atoms with Crippen LogP contribution >= 0.6 is 0 Å². The summed E-state index contributed by atoms with van der Waals surface area (Å²) in [5.41, 5.74) is 1.19. The third kappa shape index (κ3) is 6.35. The van der Waals surface area contributed by atoms with Gasteiger partial charge in [0.2, 0.25) is 0 Å². The van der Waals surface area contributed by atoms with Gasteiger partial charge in [-0.3, -0.25) is 0 Å². The Kier molecular flexibility index (Phi) is 7.78. The van der Waals surface area contributed by atoms with E-state index in [1.54, 1.807) is 27.7 Å². The lowest BCUT2D eigenvalue weighted by Crippen LogP contribution is -2.40. The van der Waals surface area contributed by atoms with Gasteiger partial charge in [-0.25, -0.2) is 9.59 Å². The fraction of sp³-hybridized carbons (Fsp3) is 0.750. The molecule has 2 atom stereocenters. The van der Waals surface area contributed by atoms with E-state index in [4.69, 9.17) is 18.8 Å². The second-order valence-corrected chi connectivity index (χ2v) is 6.15. The normalized spacial score (nSPS) is 21.9. The molecular weight excluding hydrogens is 299 g/mol. The van der Waals surface area contributed by atoms with Crippen LogP contribution in [0.15, 0.2) is 11.6 Å². The van der Waals surface area contributed by atoms with E-state index in [0.717, 1.165) is 6.42 Å². The molecule has 0 saturated carbocycles. The van der Waals surface area contributed by atoms with Crippen LogP contribution in [-0.4, -0.2) is 43.5 Å². The van der Waals surface area contributed by atoms with E-state index < -0.39 is 31.3 Å². The Balaban J connectivity index is 2.80. The Hall–Kier alpha value is -1.34. The van der Waals surface area contributed by atoms with Gasteiger partial charge in [0.1, 0.15) is 0 Å². The summed E-state index contributed by atoms with van der Waals surface area (Å²) in [6, 6.07) is 0. The molecule has 1 heterocycles. The number of ether oxygens (including phenoxy) is 2. The summed E-state index contributed by atoms with van der Waals surface area (Å²) in [5.74, 6) is -1.21. The number of allylic oxidation sites excluding steroid dienone is 2. The standard InChI is InChI=1S/C16H27BO6/c1-7-12(6)8-9-17-22-13(15(18)20-10(2)3)14(23-17)16(19)21-11(4)5/h8,10-11,13-14H,7,9H2,1-6H3/b12-8+/t13-,14-/m0/s1. The van der Waals surface area contributed by atoms with Crippen LogP contribution in [0, 0.1) is 0 Å². The number of carbonyl (C=O) groups excluding carboxylic acids is 2. The van der Waals surface area contributed by atoms with Gasteiger partial charge >= 0.3 is 19.1 Å². The van der Waals surface area contributed by atoms with Crippen molar-refractivity contribution < 1.29 is 28.4 Å². The van der Waals surface area contributed by atoms with E-state index in [-0.39, 0.29) is 12.2 Å². The summed E-state index contributed by atoms with van der Waals surface area (Å²) in [6.45, 7) is 11.0. The van der Waals surface area contributed by atoms with E-state index >= 15 is 0 Å². The average molecular weight is 326 g/mol. The maximum atomic E-state index is 12.1. The first kappa shape index (κ1) is 19.7. The minimum absolute atomic E-state index is 0.297. The van der Waals surface area contributed by atoms with Crippen molar-refractivity contribution >= 4 is 19.1 Å². The number of rotatable bonds is 7. The van der Waals surface area contributed by atoms with E-state index in [2.05, 4.69) is 0 Å². The van der Waals surface area contributed by atoms with E-state index in [0.29, 0.717) is 6.32 Å². The van der Waals surface area contributed by atoms with Crippen LogP contribution < -0.4 is 0 Å². The topological polar surface area (TPSA) is 71.1 Å². The van der Waals surface area contributed by atoms with Crippen molar-refractivity contribution in [3.05, 3.63) is 11.6 Å². The third-order valence-electron chi connectivity index (χ3n) is 3.26. The predicted molar refractivity (Wildman–Crippen MR) is 86.8 cm³/mol. The molecule has 0 N–H and O–H groups in total. The zero-order chi connectivity index (χ0) is 17.6. The highest BCUT2D eigenvalue weighted by Gasteiger charge is 2.49. The molecular formula is C16H27BO6. The van der Waals surface area contributed by atoms with Gasteiger partial charge in [-0.1, -0.05) is 18.6 Å². The van der Waals surface area contributed by atoms with Crippen LogP contribution in [0.25, 0.3) is 0 Å². The van der Waals surface area contributed by atoms with Gasteiger partial charge in [-0.05, 0) is 41.0 Å². The lowest BCUT2D eigenvalue weighted by atomic mass is 9.84. The Bertz CT molecular complexity index is 416. The first-order chi connectivity index (χ1) is 10.7. The summed E-state index contributed by atoms with van der Waals surface area (Å²) in [4.78, 5) is 24.3. The van der Waals surface area contributed by atoms with E-state index in [1.165, 1.54) is 5.57 Å². The fourth-order valence-corrected chi connectivity index (χ4v) is 2.01. The average Bonchev–Trinajstić information content (AvgIpc) is 2.87. The highest BCUT2D eigenvalue weighted by molar-refractivity contribution is 6.46. The van der Waals surface area contributed by atoms with E-state index in [9.17, 15) is 9.59 Å². The molecule has 0 aromatic carbocycles. The third-order valence-corrected chi connectivity index (χ3v) is 3.26. The molecule has 23 heavy (non-hydrogen) atoms. The van der Waals surface area contributed by atoms with Crippen molar-refractivity contribution in [2.45, 2.75) is 78.7 Å². The maximum Gasteiger partial charge on any atom is 0.462 e. The molecule has 6 nitrogen and oxygen atoms in total. The van der Waals surface area contributed by atoms with Crippen LogP contribution in [0.3, 0.4) is 0 Å². The molecule has 0 amide bonds. The molecule has 130 valence electrons. The lowest BCUT2D eigenvalue weighted by molar-refractivity contribution is -0.167. The molecule has 0 unspecified atom stereocenters. The molecule has 1 aliphatic heterocycles. The highest BCUT2D eigenvalue weighted by Crippen LogP contribution is 2.23. The van der Waals surface area contributed by atoms with Gasteiger partial charge in [-0.2, -0.15) is 0 Å². The predicted octanol–water partition coefficient (Wildman–Crippen LogP) is 2.52. The van der Waals surface area contributed by atoms with Crippen molar-refractivity contribution in [2.75, 3.05) is 0 Å².